The van der Waals surface area contributed by atoms with Crippen molar-refractivity contribution in [3.05, 3.63) is 95.6 Å². The van der Waals surface area contributed by atoms with Crippen LogP contribution in [0.1, 0.15) is 23.6 Å². The van der Waals surface area contributed by atoms with Crippen LogP contribution in [0, 0.1) is 5.41 Å². The molecule has 1 heterocycles. The summed E-state index contributed by atoms with van der Waals surface area (Å²) in [4.78, 5) is 26.0. The second-order valence-corrected chi connectivity index (χ2v) is 9.04. The minimum atomic E-state index is -0.833. The number of piperazine rings is 1. The molecular formula is C29H30N4O3. The first kappa shape index (κ1) is 24.9. The molecule has 0 bridgehead atoms. The van der Waals surface area contributed by atoms with Crippen LogP contribution in [0.25, 0.3) is 21.5 Å². The number of nitrogens with two attached hydrogens (primary N) is 1. The topological polar surface area (TPSA) is 111 Å². The first-order chi connectivity index (χ1) is 17.3. The lowest BCUT2D eigenvalue weighted by atomic mass is 10.0. The highest BCUT2D eigenvalue weighted by molar-refractivity contribution is 5.99. The average molecular weight is 483 g/mol. The van der Waals surface area contributed by atoms with Crippen LogP contribution in [0.5, 0.6) is 0 Å². The summed E-state index contributed by atoms with van der Waals surface area (Å²) < 4.78 is 0. The van der Waals surface area contributed by atoms with Crippen molar-refractivity contribution >= 4 is 39.3 Å². The van der Waals surface area contributed by atoms with E-state index < -0.39 is 5.97 Å². The van der Waals surface area contributed by atoms with Crippen molar-refractivity contribution in [2.75, 3.05) is 19.6 Å². The van der Waals surface area contributed by atoms with E-state index >= 15 is 0 Å². The third-order valence-electron chi connectivity index (χ3n) is 6.21. The van der Waals surface area contributed by atoms with Crippen LogP contribution >= 0.6 is 0 Å². The van der Waals surface area contributed by atoms with Gasteiger partial charge in [0.25, 0.3) is 5.97 Å². The standard InChI is InChI=1S/C27H26N4O.C2H4O2/c28-27(29)24-10-9-22-8-6-20(14-25(22)15-24)17-31-12-11-30(18-26(31)32)16-19-5-7-21-3-1-2-4-23(21)13-19;1-2(3)4/h1-10,13-15H,11-12,16-18H2,(H3,28,29);1H3,(H,3,4). The Kier molecular flexibility index (Phi) is 7.61. The monoisotopic (exact) mass is 482 g/mol. The number of nitrogens with one attached hydrogen (secondary N) is 1. The normalized spacial score (nSPS) is 13.9. The molecule has 4 N–H and O–H groups in total. The van der Waals surface area contributed by atoms with Gasteiger partial charge in [0.15, 0.2) is 0 Å². The Hall–Kier alpha value is -4.23. The highest BCUT2D eigenvalue weighted by Crippen LogP contribution is 2.21. The zero-order valence-corrected chi connectivity index (χ0v) is 20.3. The minimum absolute atomic E-state index is 0.0648. The number of benzene rings is 4. The lowest BCUT2D eigenvalue weighted by Crippen LogP contribution is -2.49. The molecule has 1 fully saturated rings. The summed E-state index contributed by atoms with van der Waals surface area (Å²) in [6, 6.07) is 26.9. The maximum Gasteiger partial charge on any atom is 0.300 e. The van der Waals surface area contributed by atoms with Gasteiger partial charge in [-0.3, -0.25) is 19.9 Å². The molecule has 0 atom stereocenters. The fourth-order valence-electron chi connectivity index (χ4n) is 4.44. The van der Waals surface area contributed by atoms with E-state index in [1.54, 1.807) is 0 Å². The molecule has 184 valence electrons. The predicted molar refractivity (Wildman–Crippen MR) is 143 cm³/mol. The van der Waals surface area contributed by atoms with Gasteiger partial charge < -0.3 is 15.7 Å². The van der Waals surface area contributed by atoms with Gasteiger partial charge in [0, 0.05) is 38.7 Å². The van der Waals surface area contributed by atoms with Gasteiger partial charge in [-0.05, 0) is 50.9 Å². The Morgan fingerprint density at radius 1 is 0.861 bits per heavy atom. The SMILES string of the molecule is CC(=O)O.N=C(N)c1ccc2ccc(CN3CCN(Cc4ccc5ccccc5c4)CC3=O)cc2c1. The number of nitrogen functional groups attached to an aromatic ring is 1. The summed E-state index contributed by atoms with van der Waals surface area (Å²) in [6.07, 6.45) is 0. The van der Waals surface area contributed by atoms with E-state index in [4.69, 9.17) is 21.0 Å². The molecule has 36 heavy (non-hydrogen) atoms. The molecule has 1 aliphatic heterocycles. The van der Waals surface area contributed by atoms with E-state index in [1.807, 2.05) is 23.1 Å². The molecule has 5 rings (SSSR count). The summed E-state index contributed by atoms with van der Waals surface area (Å²) in [5, 5.41) is 19.7. The van der Waals surface area contributed by atoms with Crippen LogP contribution in [-0.2, 0) is 22.7 Å². The molecular weight excluding hydrogens is 452 g/mol. The third-order valence-corrected chi connectivity index (χ3v) is 6.21. The highest BCUT2D eigenvalue weighted by atomic mass is 16.4. The lowest BCUT2D eigenvalue weighted by Gasteiger charge is -2.34. The molecule has 1 saturated heterocycles. The van der Waals surface area contributed by atoms with Crippen LogP contribution in [-0.4, -0.2) is 52.3 Å². The number of fused-ring (bicyclic) bond motifs is 2. The van der Waals surface area contributed by atoms with Gasteiger partial charge in [0.2, 0.25) is 5.91 Å². The maximum atomic E-state index is 12.9. The quantitative estimate of drug-likeness (QED) is 0.291. The molecule has 1 amide bonds. The zero-order valence-electron chi connectivity index (χ0n) is 20.3. The summed E-state index contributed by atoms with van der Waals surface area (Å²) in [7, 11) is 0. The molecule has 0 aromatic heterocycles. The summed E-state index contributed by atoms with van der Waals surface area (Å²) >= 11 is 0. The number of carbonyl (C=O) groups excluding carboxylic acids is 1. The number of rotatable bonds is 5. The average Bonchev–Trinajstić information content (AvgIpc) is 2.85. The molecule has 0 aliphatic carbocycles. The van der Waals surface area contributed by atoms with Gasteiger partial charge in [-0.2, -0.15) is 0 Å². The Labute approximate surface area is 210 Å². The van der Waals surface area contributed by atoms with Crippen LogP contribution in [0.2, 0.25) is 0 Å². The molecule has 7 nitrogen and oxygen atoms in total. The first-order valence-electron chi connectivity index (χ1n) is 11.8. The Morgan fingerprint density at radius 3 is 2.11 bits per heavy atom. The largest absolute Gasteiger partial charge is 0.481 e. The molecule has 0 radical (unpaired) electrons. The van der Waals surface area contributed by atoms with Gasteiger partial charge in [-0.25, -0.2) is 0 Å². The highest BCUT2D eigenvalue weighted by Gasteiger charge is 2.24. The maximum absolute atomic E-state index is 12.9. The summed E-state index contributed by atoms with van der Waals surface area (Å²) in [5.74, 6) is -0.607. The number of hydrogen-bond acceptors (Lipinski definition) is 4. The van der Waals surface area contributed by atoms with Crippen molar-refractivity contribution < 1.29 is 14.7 Å². The van der Waals surface area contributed by atoms with Gasteiger partial charge in [-0.15, -0.1) is 0 Å². The fraction of sp³-hybridized carbons (Fsp3) is 0.207. The molecule has 0 saturated carbocycles. The fourth-order valence-corrected chi connectivity index (χ4v) is 4.44. The van der Waals surface area contributed by atoms with E-state index in [1.165, 1.54) is 16.3 Å². The second kappa shape index (κ2) is 11.0. The van der Waals surface area contributed by atoms with Gasteiger partial charge in [0.1, 0.15) is 5.84 Å². The van der Waals surface area contributed by atoms with Crippen LogP contribution in [0.15, 0.2) is 78.9 Å². The summed E-state index contributed by atoms with van der Waals surface area (Å²) in [5.41, 5.74) is 8.68. The van der Waals surface area contributed by atoms with E-state index in [0.717, 1.165) is 42.9 Å². The van der Waals surface area contributed by atoms with Crippen LogP contribution < -0.4 is 5.73 Å². The van der Waals surface area contributed by atoms with Crippen molar-refractivity contribution in [3.63, 3.8) is 0 Å². The van der Waals surface area contributed by atoms with Crippen molar-refractivity contribution in [2.24, 2.45) is 5.73 Å². The van der Waals surface area contributed by atoms with Gasteiger partial charge >= 0.3 is 0 Å². The summed E-state index contributed by atoms with van der Waals surface area (Å²) in [6.45, 7) is 4.49. The molecule has 0 unspecified atom stereocenters. The number of nitrogens with zero attached hydrogens (tertiary/aromatic N) is 2. The Balaban J connectivity index is 0.000000709. The minimum Gasteiger partial charge on any atom is -0.481 e. The number of carboxylic acid groups (broad SMARTS) is 1. The number of carboxylic acids is 1. The number of aliphatic carboxylic acids is 1. The number of amides is 1. The molecule has 4 aromatic rings. The third kappa shape index (κ3) is 6.25. The Morgan fingerprint density at radius 2 is 1.44 bits per heavy atom. The number of amidine groups is 1. The van der Waals surface area contributed by atoms with Crippen LogP contribution in [0.4, 0.5) is 0 Å². The smallest absolute Gasteiger partial charge is 0.300 e. The number of hydrogen-bond donors (Lipinski definition) is 3. The van der Waals surface area contributed by atoms with Gasteiger partial charge in [0.05, 0.1) is 6.54 Å². The molecule has 0 spiro atoms. The van der Waals surface area contributed by atoms with Crippen molar-refractivity contribution in [2.45, 2.75) is 20.0 Å². The number of carbonyl (C=O) groups is 2. The van der Waals surface area contributed by atoms with E-state index in [9.17, 15) is 4.79 Å². The second-order valence-electron chi connectivity index (χ2n) is 9.04. The lowest BCUT2D eigenvalue weighted by molar-refractivity contribution is -0.137. The predicted octanol–water partition coefficient (Wildman–Crippen LogP) is 4.21. The van der Waals surface area contributed by atoms with E-state index in [2.05, 4.69) is 65.6 Å². The van der Waals surface area contributed by atoms with Crippen LogP contribution in [0.3, 0.4) is 0 Å². The van der Waals surface area contributed by atoms with E-state index in [0.29, 0.717) is 18.7 Å². The molecule has 7 heteroatoms. The van der Waals surface area contributed by atoms with E-state index in [-0.39, 0.29) is 11.7 Å². The first-order valence-corrected chi connectivity index (χ1v) is 11.8. The Bertz CT molecular complexity index is 1430. The molecule has 1 aliphatic rings. The van der Waals surface area contributed by atoms with Crippen molar-refractivity contribution in [1.29, 1.82) is 5.41 Å². The van der Waals surface area contributed by atoms with Crippen molar-refractivity contribution in [1.82, 2.24) is 9.80 Å². The molecule has 4 aromatic carbocycles. The zero-order chi connectivity index (χ0) is 25.7. The van der Waals surface area contributed by atoms with Crippen molar-refractivity contribution in [3.8, 4) is 0 Å². The van der Waals surface area contributed by atoms with Gasteiger partial charge in [-0.1, -0.05) is 60.7 Å².